The van der Waals surface area contributed by atoms with Gasteiger partial charge in [0.2, 0.25) is 10.0 Å². The Kier molecular flexibility index (Phi) is 2.76. The van der Waals surface area contributed by atoms with Crippen molar-refractivity contribution in [3.8, 4) is 0 Å². The average molecular weight is 230 g/mol. The van der Waals surface area contributed by atoms with Crippen LogP contribution in [0.1, 0.15) is 5.69 Å². The number of hydrogen-bond donors (Lipinski definition) is 2. The van der Waals surface area contributed by atoms with Gasteiger partial charge in [-0.25, -0.2) is 8.42 Å². The smallest absolute Gasteiger partial charge is 0.246 e. The number of nitrogens with one attached hydrogen (secondary N) is 2. The maximum Gasteiger partial charge on any atom is 0.246 e. The van der Waals surface area contributed by atoms with Crippen molar-refractivity contribution in [3.05, 3.63) is 11.9 Å². The molecule has 1 aliphatic heterocycles. The average Bonchev–Trinajstić information content (AvgIpc) is 2.66. The van der Waals surface area contributed by atoms with Crippen LogP contribution < -0.4 is 5.32 Å². The lowest BCUT2D eigenvalue weighted by molar-refractivity contribution is 0.360. The van der Waals surface area contributed by atoms with Gasteiger partial charge in [0.1, 0.15) is 4.90 Å². The molecular weight excluding hydrogens is 216 g/mol. The van der Waals surface area contributed by atoms with Gasteiger partial charge in [0.05, 0.1) is 11.9 Å². The predicted molar refractivity (Wildman–Crippen MR) is 55.0 cm³/mol. The van der Waals surface area contributed by atoms with Crippen LogP contribution in [0.3, 0.4) is 0 Å². The van der Waals surface area contributed by atoms with E-state index in [1.807, 2.05) is 0 Å². The molecule has 84 valence electrons. The Balaban J connectivity index is 2.30. The normalized spacial score (nSPS) is 19.3. The molecule has 0 aromatic carbocycles. The molecule has 6 nitrogen and oxygen atoms in total. The van der Waals surface area contributed by atoms with Gasteiger partial charge in [-0.1, -0.05) is 0 Å². The Morgan fingerprint density at radius 1 is 1.40 bits per heavy atom. The molecule has 0 spiro atoms. The van der Waals surface area contributed by atoms with E-state index in [1.54, 1.807) is 6.92 Å². The van der Waals surface area contributed by atoms with E-state index in [0.717, 1.165) is 0 Å². The van der Waals surface area contributed by atoms with Crippen molar-refractivity contribution in [1.82, 2.24) is 19.8 Å². The van der Waals surface area contributed by atoms with Crippen molar-refractivity contribution in [1.29, 1.82) is 0 Å². The van der Waals surface area contributed by atoms with Crippen molar-refractivity contribution in [2.45, 2.75) is 11.8 Å². The summed E-state index contributed by atoms with van der Waals surface area (Å²) < 4.78 is 25.7. The van der Waals surface area contributed by atoms with Crippen molar-refractivity contribution in [3.63, 3.8) is 0 Å². The van der Waals surface area contributed by atoms with E-state index < -0.39 is 10.0 Å². The molecule has 0 saturated carbocycles. The van der Waals surface area contributed by atoms with Crippen LogP contribution >= 0.6 is 0 Å². The van der Waals surface area contributed by atoms with E-state index in [9.17, 15) is 8.42 Å². The first-order chi connectivity index (χ1) is 7.12. The molecular formula is C8H14N4O2S. The lowest BCUT2D eigenvalue weighted by Gasteiger charge is -2.26. The molecule has 1 aromatic heterocycles. The van der Waals surface area contributed by atoms with Crippen LogP contribution in [0, 0.1) is 6.92 Å². The third-order valence-electron chi connectivity index (χ3n) is 2.48. The molecule has 2 N–H and O–H groups in total. The molecule has 7 heteroatoms. The number of piperazine rings is 1. The van der Waals surface area contributed by atoms with Crippen LogP contribution in [-0.4, -0.2) is 49.1 Å². The van der Waals surface area contributed by atoms with Gasteiger partial charge < -0.3 is 5.32 Å². The van der Waals surface area contributed by atoms with Crippen molar-refractivity contribution in [2.24, 2.45) is 0 Å². The molecule has 1 aliphatic rings. The second-order valence-corrected chi connectivity index (χ2v) is 5.42. The minimum Gasteiger partial charge on any atom is -0.314 e. The fourth-order valence-corrected chi connectivity index (χ4v) is 3.18. The molecule has 0 aliphatic carbocycles. The summed E-state index contributed by atoms with van der Waals surface area (Å²) >= 11 is 0. The zero-order valence-corrected chi connectivity index (χ0v) is 9.34. The molecule has 1 fully saturated rings. The van der Waals surface area contributed by atoms with E-state index >= 15 is 0 Å². The topological polar surface area (TPSA) is 78.1 Å². The van der Waals surface area contributed by atoms with Crippen LogP contribution in [0.2, 0.25) is 0 Å². The van der Waals surface area contributed by atoms with Gasteiger partial charge in [-0.2, -0.15) is 9.40 Å². The summed E-state index contributed by atoms with van der Waals surface area (Å²) in [5, 5.41) is 9.50. The summed E-state index contributed by atoms with van der Waals surface area (Å²) in [6.45, 7) is 4.16. The van der Waals surface area contributed by atoms with Gasteiger partial charge in [0.15, 0.2) is 0 Å². The van der Waals surface area contributed by atoms with Crippen LogP contribution in [0.15, 0.2) is 11.1 Å². The lowest BCUT2D eigenvalue weighted by Crippen LogP contribution is -2.46. The van der Waals surface area contributed by atoms with Gasteiger partial charge in [0.25, 0.3) is 0 Å². The Bertz CT molecular complexity index is 433. The van der Waals surface area contributed by atoms with E-state index in [4.69, 9.17) is 0 Å². The number of nitrogens with zero attached hydrogens (tertiary/aromatic N) is 2. The third-order valence-corrected chi connectivity index (χ3v) is 4.49. The largest absolute Gasteiger partial charge is 0.314 e. The second kappa shape index (κ2) is 3.92. The van der Waals surface area contributed by atoms with E-state index in [2.05, 4.69) is 15.5 Å². The van der Waals surface area contributed by atoms with Gasteiger partial charge in [0, 0.05) is 26.2 Å². The highest BCUT2D eigenvalue weighted by Gasteiger charge is 2.28. The van der Waals surface area contributed by atoms with Crippen LogP contribution in [0.25, 0.3) is 0 Å². The summed E-state index contributed by atoms with van der Waals surface area (Å²) in [7, 11) is -3.35. The Morgan fingerprint density at radius 3 is 2.60 bits per heavy atom. The molecule has 2 rings (SSSR count). The fourth-order valence-electron chi connectivity index (χ4n) is 1.62. The molecule has 0 radical (unpaired) electrons. The monoisotopic (exact) mass is 230 g/mol. The Morgan fingerprint density at radius 2 is 2.07 bits per heavy atom. The molecule has 1 saturated heterocycles. The highest BCUT2D eigenvalue weighted by atomic mass is 32.2. The van der Waals surface area contributed by atoms with E-state index in [-0.39, 0.29) is 4.90 Å². The van der Waals surface area contributed by atoms with Crippen molar-refractivity contribution in [2.75, 3.05) is 26.2 Å². The first-order valence-electron chi connectivity index (χ1n) is 4.83. The second-order valence-electron chi connectivity index (χ2n) is 3.51. The first-order valence-corrected chi connectivity index (χ1v) is 6.27. The first kappa shape index (κ1) is 10.6. The quantitative estimate of drug-likeness (QED) is 0.705. The maximum absolute atomic E-state index is 12.1. The molecule has 0 unspecified atom stereocenters. The molecule has 0 amide bonds. The number of aromatic nitrogens is 2. The minimum absolute atomic E-state index is 0.282. The number of rotatable bonds is 2. The minimum atomic E-state index is -3.35. The fraction of sp³-hybridized carbons (Fsp3) is 0.625. The van der Waals surface area contributed by atoms with Gasteiger partial charge >= 0.3 is 0 Å². The third kappa shape index (κ3) is 1.90. The summed E-state index contributed by atoms with van der Waals surface area (Å²) in [5.74, 6) is 0. The number of H-pyrrole nitrogens is 1. The van der Waals surface area contributed by atoms with Crippen LogP contribution in [-0.2, 0) is 10.0 Å². The molecule has 0 bridgehead atoms. The van der Waals surface area contributed by atoms with E-state index in [1.165, 1.54) is 10.5 Å². The predicted octanol–water partition coefficient (Wildman–Crippen LogP) is -0.688. The van der Waals surface area contributed by atoms with Crippen LogP contribution in [0.4, 0.5) is 0 Å². The van der Waals surface area contributed by atoms with Gasteiger partial charge in [-0.05, 0) is 6.92 Å². The molecule has 1 aromatic rings. The standard InChI is InChI=1S/C8H14N4O2S/c1-7-8(6-10-11-7)15(13,14)12-4-2-9-3-5-12/h6,9H,2-5H2,1H3,(H,10,11). The Labute approximate surface area is 88.7 Å². The number of sulfonamides is 1. The van der Waals surface area contributed by atoms with Crippen LogP contribution in [0.5, 0.6) is 0 Å². The molecule has 15 heavy (non-hydrogen) atoms. The number of aromatic amines is 1. The zero-order chi connectivity index (χ0) is 10.9. The lowest BCUT2D eigenvalue weighted by atomic mass is 10.4. The Hall–Kier alpha value is -0.920. The number of aryl methyl sites for hydroxylation is 1. The molecule has 0 atom stereocenters. The maximum atomic E-state index is 12.1. The van der Waals surface area contributed by atoms with Gasteiger partial charge in [-0.3, -0.25) is 5.10 Å². The van der Waals surface area contributed by atoms with Crippen molar-refractivity contribution < 1.29 is 8.42 Å². The summed E-state index contributed by atoms with van der Waals surface area (Å²) in [6.07, 6.45) is 1.37. The highest BCUT2D eigenvalue weighted by molar-refractivity contribution is 7.89. The zero-order valence-electron chi connectivity index (χ0n) is 8.52. The SMILES string of the molecule is Cc1[nH]ncc1S(=O)(=O)N1CCNCC1. The highest BCUT2D eigenvalue weighted by Crippen LogP contribution is 2.17. The van der Waals surface area contributed by atoms with Crippen molar-refractivity contribution >= 4 is 10.0 Å². The van der Waals surface area contributed by atoms with E-state index in [0.29, 0.717) is 31.9 Å². The number of hydrogen-bond acceptors (Lipinski definition) is 4. The summed E-state index contributed by atoms with van der Waals surface area (Å²) in [4.78, 5) is 0.282. The molecule has 2 heterocycles. The summed E-state index contributed by atoms with van der Waals surface area (Å²) in [5.41, 5.74) is 0.591. The summed E-state index contributed by atoms with van der Waals surface area (Å²) in [6, 6.07) is 0. The van der Waals surface area contributed by atoms with Gasteiger partial charge in [-0.15, -0.1) is 0 Å².